The van der Waals surface area contributed by atoms with Gasteiger partial charge in [0.15, 0.2) is 22.2 Å². The number of esters is 1. The highest BCUT2D eigenvalue weighted by atomic mass is 79.9. The van der Waals surface area contributed by atoms with Crippen molar-refractivity contribution in [3.8, 4) is 17.0 Å². The normalized spacial score (nSPS) is 12.1. The van der Waals surface area contributed by atoms with Crippen molar-refractivity contribution in [3.05, 3.63) is 69.7 Å². The van der Waals surface area contributed by atoms with Crippen molar-refractivity contribution in [2.75, 3.05) is 13.2 Å². The van der Waals surface area contributed by atoms with Crippen LogP contribution in [0.15, 0.2) is 45.5 Å². The zero-order chi connectivity index (χ0) is 37.8. The van der Waals surface area contributed by atoms with Crippen molar-refractivity contribution in [2.24, 2.45) is 17.2 Å². The van der Waals surface area contributed by atoms with Gasteiger partial charge in [-0.1, -0.05) is 12.1 Å². The number of amides is 1. The summed E-state index contributed by atoms with van der Waals surface area (Å²) in [5.74, 6) is -8.55. The Hall–Kier alpha value is -5.31. The van der Waals surface area contributed by atoms with Crippen LogP contribution in [0.2, 0.25) is 0 Å². The Kier molecular flexibility index (Phi) is 15.1. The van der Waals surface area contributed by atoms with Gasteiger partial charge < -0.3 is 46.6 Å². The molecule has 0 bridgehead atoms. The lowest BCUT2D eigenvalue weighted by Gasteiger charge is -2.17. The van der Waals surface area contributed by atoms with E-state index in [9.17, 15) is 41.1 Å². The lowest BCUT2D eigenvalue weighted by molar-refractivity contribution is -0.150. The first-order valence-electron chi connectivity index (χ1n) is 14.0. The molecule has 0 saturated carbocycles. The topological polar surface area (TPSA) is 267 Å². The number of hydrogen-bond acceptors (Lipinski definition) is 10. The molecule has 3 aromatic rings. The van der Waals surface area contributed by atoms with Crippen LogP contribution < -0.4 is 27.3 Å². The van der Waals surface area contributed by atoms with Gasteiger partial charge in [0.1, 0.15) is 29.7 Å². The van der Waals surface area contributed by atoms with Gasteiger partial charge in [-0.05, 0) is 53.0 Å². The van der Waals surface area contributed by atoms with Gasteiger partial charge in [0.05, 0.1) is 18.4 Å². The van der Waals surface area contributed by atoms with Gasteiger partial charge in [0, 0.05) is 12.1 Å². The van der Waals surface area contributed by atoms with Gasteiger partial charge in [-0.25, -0.2) is 13.8 Å². The van der Waals surface area contributed by atoms with Crippen molar-refractivity contribution in [3.63, 3.8) is 0 Å². The Morgan fingerprint density at radius 2 is 1.68 bits per heavy atom. The molecule has 0 aliphatic heterocycles. The molecule has 3 rings (SSSR count). The number of halogens is 6. The number of guanidine groups is 1. The number of oxazole rings is 1. The molecule has 1 aromatic heterocycles. The molecule has 1 heterocycles. The van der Waals surface area contributed by atoms with E-state index in [1.54, 1.807) is 0 Å². The number of rotatable bonds is 15. The highest BCUT2D eigenvalue weighted by Crippen LogP contribution is 2.36. The Bertz CT molecular complexity index is 1690. The maximum absolute atomic E-state index is 14.8. The molecule has 10 N–H and O–H groups in total. The first kappa shape index (κ1) is 40.9. The number of nitrogens with two attached hydrogens (primary N) is 3. The maximum Gasteiger partial charge on any atom is 0.416 e. The van der Waals surface area contributed by atoms with Gasteiger partial charge in [0.2, 0.25) is 12.0 Å². The van der Waals surface area contributed by atoms with Crippen LogP contribution in [0, 0.1) is 17.0 Å². The molecule has 0 saturated heterocycles. The lowest BCUT2D eigenvalue weighted by Crippen LogP contribution is -2.34. The van der Waals surface area contributed by atoms with Crippen molar-refractivity contribution in [2.45, 2.75) is 44.0 Å². The van der Waals surface area contributed by atoms with E-state index >= 15 is 0 Å². The van der Waals surface area contributed by atoms with E-state index in [0.717, 1.165) is 30.3 Å². The monoisotopic (exact) mass is 780 g/mol. The summed E-state index contributed by atoms with van der Waals surface area (Å²) < 4.78 is 83.1. The fraction of sp³-hybridized carbons (Fsp3) is 0.310. The van der Waals surface area contributed by atoms with Crippen molar-refractivity contribution < 1.29 is 65.2 Å². The molecule has 15 nitrogen and oxygen atoms in total. The van der Waals surface area contributed by atoms with E-state index in [1.165, 1.54) is 0 Å². The largest absolute Gasteiger partial charge is 0.481 e. The van der Waals surface area contributed by atoms with Gasteiger partial charge in [-0.15, -0.1) is 0 Å². The third-order valence-corrected chi connectivity index (χ3v) is 6.74. The summed E-state index contributed by atoms with van der Waals surface area (Å²) in [6.45, 7) is -0.225. The van der Waals surface area contributed by atoms with Gasteiger partial charge in [-0.3, -0.25) is 24.6 Å². The SMILES string of the molecule is N=C(N)NCCC[C@H](N)C(=O)O.NC(=O)c1c(F)ccc(OC(COC(=O)CCC(=O)O)c2nc(-c3ccc(C(F)(F)F)cc3)c(Br)o2)c1F. The lowest BCUT2D eigenvalue weighted by atomic mass is 10.1. The number of hydrogen-bond donors (Lipinski definition) is 7. The highest BCUT2D eigenvalue weighted by Gasteiger charge is 2.31. The van der Waals surface area contributed by atoms with Gasteiger partial charge >= 0.3 is 24.1 Å². The first-order chi connectivity index (χ1) is 23.3. The molecule has 0 fully saturated rings. The fourth-order valence-corrected chi connectivity index (χ4v) is 4.21. The number of primary amides is 1. The van der Waals surface area contributed by atoms with Crippen molar-refractivity contribution in [1.82, 2.24) is 10.3 Å². The maximum atomic E-state index is 14.8. The number of nitrogens with zero attached hydrogens (tertiary/aromatic N) is 1. The van der Waals surface area contributed by atoms with Crippen LogP contribution in [0.3, 0.4) is 0 Å². The van der Waals surface area contributed by atoms with Crippen LogP contribution in [-0.2, 0) is 25.3 Å². The minimum atomic E-state index is -4.57. The van der Waals surface area contributed by atoms with Crippen LogP contribution >= 0.6 is 15.9 Å². The summed E-state index contributed by atoms with van der Waals surface area (Å²) in [6, 6.07) is 4.57. The van der Waals surface area contributed by atoms with Crippen LogP contribution in [0.5, 0.6) is 5.75 Å². The number of carboxylic acid groups (broad SMARTS) is 2. The van der Waals surface area contributed by atoms with Gasteiger partial charge in [-0.2, -0.15) is 13.2 Å². The summed E-state index contributed by atoms with van der Waals surface area (Å²) in [4.78, 5) is 48.4. The Morgan fingerprint density at radius 1 is 1.04 bits per heavy atom. The van der Waals surface area contributed by atoms with Crippen molar-refractivity contribution in [1.29, 1.82) is 5.41 Å². The van der Waals surface area contributed by atoms with Crippen LogP contribution in [0.25, 0.3) is 11.3 Å². The second-order valence-corrected chi connectivity index (χ2v) is 10.7. The summed E-state index contributed by atoms with van der Waals surface area (Å²) in [6.07, 6.45) is -6.18. The summed E-state index contributed by atoms with van der Waals surface area (Å²) in [5, 5.41) is 26.4. The molecule has 0 spiro atoms. The second-order valence-electron chi connectivity index (χ2n) is 9.96. The predicted octanol–water partition coefficient (Wildman–Crippen LogP) is 3.69. The van der Waals surface area contributed by atoms with Crippen LogP contribution in [-0.4, -0.2) is 64.2 Å². The Balaban J connectivity index is 0.000000616. The number of carbonyl (C=O) groups excluding carboxylic acids is 2. The molecule has 272 valence electrons. The molecule has 1 unspecified atom stereocenters. The average Bonchev–Trinajstić information content (AvgIpc) is 3.42. The smallest absolute Gasteiger partial charge is 0.416 e. The van der Waals surface area contributed by atoms with E-state index in [1.807, 2.05) is 0 Å². The quantitative estimate of drug-likeness (QED) is 0.0382. The number of alkyl halides is 3. The molecular formula is C29H30BrF5N6O9. The van der Waals surface area contributed by atoms with Gasteiger partial charge in [0.25, 0.3) is 5.91 Å². The Morgan fingerprint density at radius 3 is 2.22 bits per heavy atom. The fourth-order valence-electron chi connectivity index (χ4n) is 3.73. The number of ether oxygens (including phenoxy) is 2. The third-order valence-electron chi connectivity index (χ3n) is 6.20. The number of carboxylic acids is 2. The number of nitrogens with one attached hydrogen (secondary N) is 2. The third kappa shape index (κ3) is 12.6. The molecule has 21 heteroatoms. The molecular weight excluding hydrogens is 751 g/mol. The molecule has 0 radical (unpaired) electrons. The number of benzene rings is 2. The van der Waals surface area contributed by atoms with E-state index in [-0.39, 0.29) is 27.8 Å². The zero-order valence-corrected chi connectivity index (χ0v) is 27.1. The summed E-state index contributed by atoms with van der Waals surface area (Å²) in [5.41, 5.74) is 13.4. The molecule has 50 heavy (non-hydrogen) atoms. The highest BCUT2D eigenvalue weighted by molar-refractivity contribution is 9.10. The number of carbonyl (C=O) groups is 4. The molecule has 0 aliphatic rings. The standard InChI is InChI=1S/C23H16BrF5N2O7.C6H14N4O2/c24-20-19(10-1-3-11(4-2-10)23(27,28)29)31-22(38-20)14(9-36-16(34)8-7-15(32)33)37-13-6-5-12(25)17(18(13)26)21(30)35;7-4(5(11)12)2-1-3-10-6(8)9/h1-6,14H,7-9H2,(H2,30,35)(H,32,33);4H,1-3,7H2,(H,11,12)(H4,8,9,10)/t;4-/m.0/s1. The number of aliphatic carboxylic acids is 2. The van der Waals surface area contributed by atoms with Crippen LogP contribution in [0.4, 0.5) is 22.0 Å². The molecule has 2 atom stereocenters. The Labute approximate surface area is 287 Å². The second kappa shape index (κ2) is 18.5. The predicted molar refractivity (Wildman–Crippen MR) is 165 cm³/mol. The van der Waals surface area contributed by atoms with E-state index < -0.39 is 90.1 Å². The first-order valence-corrected chi connectivity index (χ1v) is 14.8. The molecule has 1 amide bonds. The van der Waals surface area contributed by atoms with E-state index in [2.05, 4.69) is 26.2 Å². The average molecular weight is 781 g/mol. The number of aromatic nitrogens is 1. The molecule has 0 aliphatic carbocycles. The molecule has 2 aromatic carbocycles. The zero-order valence-electron chi connectivity index (χ0n) is 25.6. The van der Waals surface area contributed by atoms with E-state index in [0.29, 0.717) is 25.5 Å². The summed E-state index contributed by atoms with van der Waals surface area (Å²) >= 11 is 3.08. The minimum absolute atomic E-state index is 0.0110. The summed E-state index contributed by atoms with van der Waals surface area (Å²) in [7, 11) is 0. The van der Waals surface area contributed by atoms with Crippen LogP contribution in [0.1, 0.15) is 53.6 Å². The van der Waals surface area contributed by atoms with E-state index in [4.69, 9.17) is 46.7 Å². The van der Waals surface area contributed by atoms with Crippen molar-refractivity contribution >= 4 is 45.7 Å². The minimum Gasteiger partial charge on any atom is -0.481 e.